The Bertz CT molecular complexity index is 386. The fourth-order valence-electron chi connectivity index (χ4n) is 2.80. The van der Waals surface area contributed by atoms with E-state index < -0.39 is 8.07 Å². The predicted octanol–water partition coefficient (Wildman–Crippen LogP) is 4.48. The summed E-state index contributed by atoms with van der Waals surface area (Å²) in [7, 11) is -0.990. The van der Waals surface area contributed by atoms with E-state index in [4.69, 9.17) is 9.47 Å². The van der Waals surface area contributed by atoms with Gasteiger partial charge in [0.05, 0.1) is 18.8 Å². The van der Waals surface area contributed by atoms with Crippen LogP contribution in [0.2, 0.25) is 25.7 Å². The van der Waals surface area contributed by atoms with Crippen LogP contribution >= 0.6 is 0 Å². The van der Waals surface area contributed by atoms with Crippen molar-refractivity contribution in [2.24, 2.45) is 0 Å². The van der Waals surface area contributed by atoms with Gasteiger partial charge in [0.15, 0.2) is 0 Å². The molecule has 1 heterocycles. The lowest BCUT2D eigenvalue weighted by atomic mass is 10.1. The molecule has 0 saturated carbocycles. The maximum absolute atomic E-state index is 6.14. The van der Waals surface area contributed by atoms with E-state index in [1.54, 1.807) is 0 Å². The quantitative estimate of drug-likeness (QED) is 0.545. The van der Waals surface area contributed by atoms with Crippen molar-refractivity contribution in [3.05, 3.63) is 35.9 Å². The van der Waals surface area contributed by atoms with Gasteiger partial charge < -0.3 is 9.47 Å². The van der Waals surface area contributed by atoms with Crippen LogP contribution in [0.4, 0.5) is 0 Å². The fourth-order valence-corrected chi connectivity index (χ4v) is 4.47. The first kappa shape index (κ1) is 15.7. The van der Waals surface area contributed by atoms with Gasteiger partial charge in [0.1, 0.15) is 0 Å². The number of ether oxygens (including phenoxy) is 2. The zero-order valence-electron chi connectivity index (χ0n) is 13.1. The van der Waals surface area contributed by atoms with E-state index in [2.05, 4.69) is 43.9 Å². The van der Waals surface area contributed by atoms with Gasteiger partial charge >= 0.3 is 0 Å². The maximum Gasteiger partial charge on any atom is 0.0716 e. The summed E-state index contributed by atoms with van der Waals surface area (Å²) in [6.07, 6.45) is 4.43. The summed E-state index contributed by atoms with van der Waals surface area (Å²) in [5.41, 5.74) is 1.25. The average molecular weight is 292 g/mol. The number of hydrogen-bond donors (Lipinski definition) is 0. The molecule has 112 valence electrons. The molecule has 1 aliphatic heterocycles. The second-order valence-electron chi connectivity index (χ2n) is 7.05. The summed E-state index contributed by atoms with van der Waals surface area (Å²) < 4.78 is 11.9. The van der Waals surface area contributed by atoms with Gasteiger partial charge in [-0.3, -0.25) is 0 Å². The molecular formula is C17H28O2Si. The van der Waals surface area contributed by atoms with Crippen LogP contribution in [0.5, 0.6) is 0 Å². The minimum Gasteiger partial charge on any atom is -0.377 e. The van der Waals surface area contributed by atoms with Gasteiger partial charge in [-0.1, -0.05) is 50.0 Å². The molecule has 0 N–H and O–H groups in total. The molecule has 1 aromatic carbocycles. The highest BCUT2D eigenvalue weighted by Crippen LogP contribution is 2.28. The molecule has 0 bridgehead atoms. The van der Waals surface area contributed by atoms with Gasteiger partial charge in [0, 0.05) is 14.7 Å². The molecule has 0 amide bonds. The predicted molar refractivity (Wildman–Crippen MR) is 86.8 cm³/mol. The summed E-state index contributed by atoms with van der Waals surface area (Å²) in [6.45, 7) is 8.79. The van der Waals surface area contributed by atoms with Gasteiger partial charge in [-0.05, 0) is 30.9 Å². The normalized spacial score (nSPS) is 23.1. The van der Waals surface area contributed by atoms with Crippen LogP contribution in [0.15, 0.2) is 30.3 Å². The van der Waals surface area contributed by atoms with Crippen molar-refractivity contribution >= 4 is 8.07 Å². The van der Waals surface area contributed by atoms with Crippen molar-refractivity contribution in [2.45, 2.75) is 63.8 Å². The third-order valence-electron chi connectivity index (χ3n) is 3.73. The van der Waals surface area contributed by atoms with Gasteiger partial charge in [-0.2, -0.15) is 0 Å². The van der Waals surface area contributed by atoms with Crippen LogP contribution in [0.1, 0.15) is 24.8 Å². The molecule has 2 atom stereocenters. The second-order valence-corrected chi connectivity index (χ2v) is 12.6. The minimum absolute atomic E-state index is 0.423. The second kappa shape index (κ2) is 7.39. The molecule has 2 nitrogen and oxygen atoms in total. The molecule has 0 aliphatic carbocycles. The van der Waals surface area contributed by atoms with Gasteiger partial charge in [0.2, 0.25) is 0 Å². The van der Waals surface area contributed by atoms with E-state index in [0.29, 0.717) is 18.8 Å². The van der Waals surface area contributed by atoms with Crippen molar-refractivity contribution in [3.63, 3.8) is 0 Å². The first-order valence-electron chi connectivity index (χ1n) is 7.80. The highest BCUT2D eigenvalue weighted by atomic mass is 28.3. The summed E-state index contributed by atoms with van der Waals surface area (Å²) in [6, 6.07) is 11.7. The highest BCUT2D eigenvalue weighted by molar-refractivity contribution is 6.76. The van der Waals surface area contributed by atoms with Crippen molar-refractivity contribution < 1.29 is 9.47 Å². The van der Waals surface area contributed by atoms with Crippen molar-refractivity contribution in [1.82, 2.24) is 0 Å². The monoisotopic (exact) mass is 292 g/mol. The standard InChI is InChI=1S/C17H28O2Si/c1-20(2,3)14-17-10-9-16(19-17)11-12-18-13-15-7-5-4-6-8-15/h4-8,16-17H,9-14H2,1-3H3/t16-,17+/m1/s1. The van der Waals surface area contributed by atoms with Crippen molar-refractivity contribution in [2.75, 3.05) is 6.61 Å². The molecule has 20 heavy (non-hydrogen) atoms. The molecule has 2 rings (SSSR count). The highest BCUT2D eigenvalue weighted by Gasteiger charge is 2.29. The van der Waals surface area contributed by atoms with Crippen LogP contribution in [-0.4, -0.2) is 26.9 Å². The van der Waals surface area contributed by atoms with Crippen LogP contribution in [0, 0.1) is 0 Å². The van der Waals surface area contributed by atoms with E-state index in [1.807, 2.05) is 6.07 Å². The molecule has 1 aromatic rings. The minimum atomic E-state index is -0.990. The lowest BCUT2D eigenvalue weighted by Crippen LogP contribution is -2.27. The van der Waals surface area contributed by atoms with E-state index in [-0.39, 0.29) is 0 Å². The Labute approximate surface area is 124 Å². The van der Waals surface area contributed by atoms with Crippen LogP contribution in [-0.2, 0) is 16.1 Å². The van der Waals surface area contributed by atoms with Crippen molar-refractivity contribution in [1.29, 1.82) is 0 Å². The van der Waals surface area contributed by atoms with Crippen LogP contribution in [0.3, 0.4) is 0 Å². The first-order chi connectivity index (χ1) is 9.53. The lowest BCUT2D eigenvalue weighted by Gasteiger charge is -2.21. The molecule has 0 spiro atoms. The summed E-state index contributed by atoms with van der Waals surface area (Å²) in [5.74, 6) is 0. The summed E-state index contributed by atoms with van der Waals surface area (Å²) in [5, 5.41) is 0. The van der Waals surface area contributed by atoms with E-state index in [9.17, 15) is 0 Å². The molecule has 1 fully saturated rings. The van der Waals surface area contributed by atoms with Crippen LogP contribution in [0.25, 0.3) is 0 Å². The topological polar surface area (TPSA) is 18.5 Å². The Morgan fingerprint density at radius 3 is 2.50 bits per heavy atom. The number of benzene rings is 1. The fraction of sp³-hybridized carbons (Fsp3) is 0.647. The van der Waals surface area contributed by atoms with Gasteiger partial charge in [0.25, 0.3) is 0 Å². The molecule has 1 aliphatic rings. The van der Waals surface area contributed by atoms with E-state index in [1.165, 1.54) is 24.4 Å². The maximum atomic E-state index is 6.14. The molecule has 0 unspecified atom stereocenters. The largest absolute Gasteiger partial charge is 0.377 e. The summed E-state index contributed by atoms with van der Waals surface area (Å²) in [4.78, 5) is 0. The molecule has 0 aromatic heterocycles. The first-order valence-corrected chi connectivity index (χ1v) is 11.5. The van der Waals surface area contributed by atoms with E-state index in [0.717, 1.165) is 13.0 Å². The number of hydrogen-bond acceptors (Lipinski definition) is 2. The van der Waals surface area contributed by atoms with Gasteiger partial charge in [-0.15, -0.1) is 0 Å². The van der Waals surface area contributed by atoms with Gasteiger partial charge in [-0.25, -0.2) is 0 Å². The third kappa shape index (κ3) is 5.78. The number of rotatable bonds is 7. The van der Waals surface area contributed by atoms with E-state index >= 15 is 0 Å². The third-order valence-corrected chi connectivity index (χ3v) is 5.41. The zero-order valence-corrected chi connectivity index (χ0v) is 14.1. The molecular weight excluding hydrogens is 264 g/mol. The Balaban J connectivity index is 1.59. The Morgan fingerprint density at radius 2 is 1.80 bits per heavy atom. The van der Waals surface area contributed by atoms with Crippen LogP contribution < -0.4 is 0 Å². The molecule has 3 heteroatoms. The Morgan fingerprint density at radius 1 is 1.10 bits per heavy atom. The van der Waals surface area contributed by atoms with Crippen molar-refractivity contribution in [3.8, 4) is 0 Å². The average Bonchev–Trinajstić information content (AvgIpc) is 2.81. The zero-order chi connectivity index (χ0) is 14.4. The SMILES string of the molecule is C[Si](C)(C)C[C@@H]1CC[C@H](CCOCc2ccccc2)O1. The lowest BCUT2D eigenvalue weighted by molar-refractivity contribution is 0.0230. The Hall–Kier alpha value is -0.643. The summed E-state index contributed by atoms with van der Waals surface area (Å²) >= 11 is 0. The molecule has 1 saturated heterocycles. The Kier molecular flexibility index (Phi) is 5.82. The smallest absolute Gasteiger partial charge is 0.0716 e. The molecule has 0 radical (unpaired) electrons.